The molecule has 2 atom stereocenters. The van der Waals surface area contributed by atoms with Crippen molar-refractivity contribution in [3.8, 4) is 0 Å². The Morgan fingerprint density at radius 1 is 0.333 bits per heavy atom. The van der Waals surface area contributed by atoms with Gasteiger partial charge in [0.2, 0.25) is 5.60 Å². The van der Waals surface area contributed by atoms with Gasteiger partial charge in [0.15, 0.2) is 23.0 Å². The smallest absolute Gasteiger partial charge is 0.219 e. The molecule has 0 aliphatic carbocycles. The number of carbonyl (C=O) groups excluding carboxylic acids is 3. The minimum Gasteiger partial charge on any atom is -0.393 e. The molecule has 6 nitrogen and oxygen atoms in total. The minimum absolute atomic E-state index is 0.110. The van der Waals surface area contributed by atoms with Crippen molar-refractivity contribution in [3.63, 3.8) is 0 Å². The quantitative estimate of drug-likeness (QED) is 0.0319. The lowest BCUT2D eigenvalue weighted by atomic mass is 9.71. The summed E-state index contributed by atoms with van der Waals surface area (Å²) in [7, 11) is 0. The number of aliphatic hydroxyl groups is 3. The first-order valence-corrected chi connectivity index (χ1v) is 26.7. The van der Waals surface area contributed by atoms with Crippen LogP contribution in [0.15, 0.2) is 60.8 Å². The molecule has 0 bridgehead atoms. The van der Waals surface area contributed by atoms with E-state index in [1.54, 1.807) is 0 Å². The van der Waals surface area contributed by atoms with Gasteiger partial charge in [0.25, 0.3) is 0 Å². The zero-order valence-corrected chi connectivity index (χ0v) is 41.4. The second-order valence-corrected chi connectivity index (χ2v) is 18.3. The average molecular weight is 881 g/mol. The third kappa shape index (κ3) is 32.0. The Morgan fingerprint density at radius 3 is 0.889 bits per heavy atom. The molecule has 3 N–H and O–H groups in total. The molecular formula is C57H100O6. The van der Waals surface area contributed by atoms with Crippen LogP contribution < -0.4 is 0 Å². The van der Waals surface area contributed by atoms with Crippen LogP contribution in [0.25, 0.3) is 0 Å². The van der Waals surface area contributed by atoms with Crippen LogP contribution >= 0.6 is 0 Å². The molecule has 63 heavy (non-hydrogen) atoms. The molecule has 0 spiro atoms. The highest BCUT2D eigenvalue weighted by Crippen LogP contribution is 2.32. The molecule has 0 aliphatic rings. The Labute approximate surface area is 389 Å². The van der Waals surface area contributed by atoms with Crippen molar-refractivity contribution in [2.24, 2.45) is 0 Å². The molecular weight excluding hydrogens is 781 g/mol. The van der Waals surface area contributed by atoms with E-state index in [9.17, 15) is 29.7 Å². The first-order chi connectivity index (χ1) is 30.8. The van der Waals surface area contributed by atoms with Crippen molar-refractivity contribution in [3.05, 3.63) is 60.8 Å². The number of carbonyl (C=O) groups is 3. The van der Waals surface area contributed by atoms with E-state index in [1.807, 2.05) is 0 Å². The van der Waals surface area contributed by atoms with Crippen LogP contribution in [0.4, 0.5) is 0 Å². The van der Waals surface area contributed by atoms with E-state index in [0.29, 0.717) is 19.3 Å². The zero-order valence-electron chi connectivity index (χ0n) is 41.4. The molecule has 0 fully saturated rings. The van der Waals surface area contributed by atoms with Gasteiger partial charge in [-0.3, -0.25) is 14.4 Å². The molecule has 2 unspecified atom stereocenters. The zero-order chi connectivity index (χ0) is 46.4. The van der Waals surface area contributed by atoms with Gasteiger partial charge in [-0.25, -0.2) is 0 Å². The SMILES string of the molecule is CCCCCC=CCC=CCCCCCCCC(=O)C(O)(CO)C(O)(C(=O)CCCCCCCC=CCC=CCCCCC)C(=O)CCCCCCCC=CCCCCCCCC. The fourth-order valence-electron chi connectivity index (χ4n) is 8.14. The highest BCUT2D eigenvalue weighted by Gasteiger charge is 2.62. The number of allylic oxidation sites excluding steroid dienone is 10. The Hall–Kier alpha value is -2.41. The summed E-state index contributed by atoms with van der Waals surface area (Å²) < 4.78 is 0. The summed E-state index contributed by atoms with van der Waals surface area (Å²) in [4.78, 5) is 41.2. The van der Waals surface area contributed by atoms with Gasteiger partial charge >= 0.3 is 0 Å². The maximum absolute atomic E-state index is 13.8. The summed E-state index contributed by atoms with van der Waals surface area (Å²) >= 11 is 0. The van der Waals surface area contributed by atoms with E-state index < -0.39 is 35.2 Å². The predicted molar refractivity (Wildman–Crippen MR) is 270 cm³/mol. The van der Waals surface area contributed by atoms with Gasteiger partial charge in [-0.2, -0.15) is 0 Å². The van der Waals surface area contributed by atoms with Crippen molar-refractivity contribution < 1.29 is 29.7 Å². The molecule has 0 aromatic carbocycles. The summed E-state index contributed by atoms with van der Waals surface area (Å²) in [5.41, 5.74) is -5.80. The molecule has 364 valence electrons. The topological polar surface area (TPSA) is 112 Å². The largest absolute Gasteiger partial charge is 0.393 e. The van der Waals surface area contributed by atoms with Gasteiger partial charge in [0, 0.05) is 19.3 Å². The van der Waals surface area contributed by atoms with Crippen LogP contribution in [0.5, 0.6) is 0 Å². The van der Waals surface area contributed by atoms with Gasteiger partial charge < -0.3 is 15.3 Å². The van der Waals surface area contributed by atoms with Crippen LogP contribution in [0, 0.1) is 0 Å². The molecule has 0 radical (unpaired) electrons. The standard InChI is InChI=1S/C57H100O6/c1-4-7-10-13-16-19-22-25-28-31-34-37-40-43-46-49-53(59)56(62,52-58)57(63,54(60)50-47-44-41-38-35-32-29-26-23-20-17-14-11-8-5-2)55(61)51-48-45-42-39-36-33-30-27-24-21-18-15-12-9-6-3/h16-17,19-20,25-30,58,62-63H,4-15,18,21-24,31-52H2,1-3H3. The third-order valence-corrected chi connectivity index (χ3v) is 12.5. The summed E-state index contributed by atoms with van der Waals surface area (Å²) in [6.45, 7) is 5.51. The van der Waals surface area contributed by atoms with E-state index in [0.717, 1.165) is 128 Å². The van der Waals surface area contributed by atoms with Crippen molar-refractivity contribution in [1.29, 1.82) is 0 Å². The molecule has 6 heteroatoms. The van der Waals surface area contributed by atoms with Gasteiger partial charge in [-0.05, 0) is 109 Å². The summed E-state index contributed by atoms with van der Waals surface area (Å²) in [5.74, 6) is -2.53. The fourth-order valence-corrected chi connectivity index (χ4v) is 8.14. The second-order valence-electron chi connectivity index (χ2n) is 18.3. The number of aliphatic hydroxyl groups excluding tert-OH is 1. The van der Waals surface area contributed by atoms with Gasteiger partial charge in [-0.1, -0.05) is 197 Å². The first kappa shape index (κ1) is 60.6. The van der Waals surface area contributed by atoms with Gasteiger partial charge in [-0.15, -0.1) is 0 Å². The predicted octanol–water partition coefficient (Wildman–Crippen LogP) is 15.8. The molecule has 0 amide bonds. The molecule has 0 heterocycles. The Kier molecular flexibility index (Phi) is 43.1. The maximum atomic E-state index is 13.8. The number of rotatable bonds is 48. The lowest BCUT2D eigenvalue weighted by Gasteiger charge is -2.39. The third-order valence-electron chi connectivity index (χ3n) is 12.5. The maximum Gasteiger partial charge on any atom is 0.219 e. The first-order valence-electron chi connectivity index (χ1n) is 26.7. The van der Waals surface area contributed by atoms with Gasteiger partial charge in [0.1, 0.15) is 0 Å². The van der Waals surface area contributed by atoms with Crippen LogP contribution in [0.1, 0.15) is 265 Å². The van der Waals surface area contributed by atoms with Crippen LogP contribution in [0.3, 0.4) is 0 Å². The van der Waals surface area contributed by atoms with E-state index in [1.165, 1.54) is 77.0 Å². The second kappa shape index (κ2) is 44.8. The molecule has 0 aliphatic heterocycles. The number of hydrogen-bond acceptors (Lipinski definition) is 6. The Balaban J connectivity index is 5.04. The summed E-state index contributed by atoms with van der Waals surface area (Å²) in [5, 5.41) is 34.1. The molecule has 0 aromatic rings. The van der Waals surface area contributed by atoms with Crippen molar-refractivity contribution in [2.75, 3.05) is 6.61 Å². The van der Waals surface area contributed by atoms with Crippen molar-refractivity contribution in [2.45, 2.75) is 276 Å². The fraction of sp³-hybridized carbons (Fsp3) is 0.772. The summed E-state index contributed by atoms with van der Waals surface area (Å²) in [6.07, 6.45) is 58.5. The number of ketones is 3. The molecule has 0 aromatic heterocycles. The van der Waals surface area contributed by atoms with E-state index in [2.05, 4.69) is 81.5 Å². The molecule has 0 saturated carbocycles. The average Bonchev–Trinajstić information content (AvgIpc) is 3.29. The van der Waals surface area contributed by atoms with E-state index >= 15 is 0 Å². The van der Waals surface area contributed by atoms with E-state index in [-0.39, 0.29) is 19.3 Å². The highest BCUT2D eigenvalue weighted by atomic mass is 16.4. The number of hydrogen-bond donors (Lipinski definition) is 3. The Morgan fingerprint density at radius 2 is 0.571 bits per heavy atom. The lowest BCUT2D eigenvalue weighted by Crippen LogP contribution is -2.69. The van der Waals surface area contributed by atoms with Crippen LogP contribution in [-0.2, 0) is 14.4 Å². The van der Waals surface area contributed by atoms with Crippen molar-refractivity contribution in [1.82, 2.24) is 0 Å². The van der Waals surface area contributed by atoms with Crippen LogP contribution in [0.2, 0.25) is 0 Å². The minimum atomic E-state index is -2.95. The van der Waals surface area contributed by atoms with Crippen LogP contribution in [-0.4, -0.2) is 50.5 Å². The summed E-state index contributed by atoms with van der Waals surface area (Å²) in [6, 6.07) is 0. The number of Topliss-reactive ketones (excluding diaryl/α,β-unsaturated/α-hetero) is 3. The monoisotopic (exact) mass is 881 g/mol. The van der Waals surface area contributed by atoms with E-state index in [4.69, 9.17) is 0 Å². The lowest BCUT2D eigenvalue weighted by molar-refractivity contribution is -0.194. The normalized spacial score (nSPS) is 14.3. The molecule has 0 saturated heterocycles. The number of unbranched alkanes of at least 4 members (excludes halogenated alkanes) is 27. The van der Waals surface area contributed by atoms with Crippen molar-refractivity contribution >= 4 is 17.3 Å². The Bertz CT molecular complexity index is 1230. The molecule has 0 rings (SSSR count). The highest BCUT2D eigenvalue weighted by molar-refractivity contribution is 6.16. The van der Waals surface area contributed by atoms with Gasteiger partial charge in [0.05, 0.1) is 6.61 Å².